The maximum absolute atomic E-state index is 11.8. The molecule has 1 unspecified atom stereocenters. The van der Waals surface area contributed by atoms with Crippen LogP contribution in [0.2, 0.25) is 0 Å². The number of hydrogen-bond acceptors (Lipinski definition) is 6. The van der Waals surface area contributed by atoms with E-state index in [4.69, 9.17) is 4.84 Å². The third-order valence-corrected chi connectivity index (χ3v) is 3.57. The number of nitrogens with one attached hydrogen (secondary N) is 3. The molecule has 0 radical (unpaired) electrons. The van der Waals surface area contributed by atoms with Crippen molar-refractivity contribution in [3.63, 3.8) is 0 Å². The molecule has 0 aliphatic carbocycles. The molecule has 1 heterocycles. The van der Waals surface area contributed by atoms with Gasteiger partial charge in [-0.3, -0.25) is 9.63 Å². The molecule has 1 aliphatic heterocycles. The molecule has 2 aromatic carbocycles. The van der Waals surface area contributed by atoms with E-state index < -0.39 is 0 Å². The number of nitrogens with zero attached hydrogens (tertiary/aromatic N) is 1. The van der Waals surface area contributed by atoms with Gasteiger partial charge in [0, 0.05) is 16.8 Å². The van der Waals surface area contributed by atoms with Gasteiger partial charge < -0.3 is 15.5 Å². The quantitative estimate of drug-likeness (QED) is 0.751. The number of hydrogen-bond donors (Lipinski definition) is 3. The lowest BCUT2D eigenvalue weighted by atomic mass is 10.1. The Morgan fingerprint density at radius 2 is 2.04 bits per heavy atom. The van der Waals surface area contributed by atoms with Crippen LogP contribution >= 0.6 is 0 Å². The summed E-state index contributed by atoms with van der Waals surface area (Å²) in [6, 6.07) is 15.0. The molecule has 7 nitrogen and oxygen atoms in total. The van der Waals surface area contributed by atoms with Crippen LogP contribution in [0.5, 0.6) is 0 Å². The van der Waals surface area contributed by atoms with Gasteiger partial charge >= 0.3 is 0 Å². The molecule has 2 aromatic rings. The number of hydroxylamine groups is 1. The second-order valence-electron chi connectivity index (χ2n) is 5.27. The molecular formula is C17H18N4O3. The van der Waals surface area contributed by atoms with Crippen LogP contribution in [0.4, 0.5) is 5.69 Å². The number of carbonyl (C=O) groups is 1. The average molecular weight is 326 g/mol. The zero-order chi connectivity index (χ0) is 16.9. The van der Waals surface area contributed by atoms with Crippen LogP contribution in [0.1, 0.15) is 27.7 Å². The fourth-order valence-corrected chi connectivity index (χ4v) is 2.29. The van der Waals surface area contributed by atoms with Crippen molar-refractivity contribution in [3.8, 4) is 0 Å². The number of anilines is 1. The monoisotopic (exact) mass is 326 g/mol. The van der Waals surface area contributed by atoms with Gasteiger partial charge in [-0.1, -0.05) is 36.4 Å². The highest BCUT2D eigenvalue weighted by atomic mass is 16.7. The van der Waals surface area contributed by atoms with E-state index in [9.17, 15) is 4.79 Å². The topological polar surface area (TPSA) is 84.0 Å². The number of carbonyl (C=O) groups excluding carboxylic acids is 1. The summed E-state index contributed by atoms with van der Waals surface area (Å²) in [6.07, 6.45) is -0.339. The van der Waals surface area contributed by atoms with Gasteiger partial charge in [0.15, 0.2) is 0 Å². The summed E-state index contributed by atoms with van der Waals surface area (Å²) in [7, 11) is 1.39. The Hall–Kier alpha value is -3.06. The maximum Gasteiger partial charge on any atom is 0.274 e. The predicted octanol–water partition coefficient (Wildman–Crippen LogP) is 2.29. The lowest BCUT2D eigenvalue weighted by Gasteiger charge is -2.12. The number of rotatable bonds is 4. The molecule has 0 fully saturated rings. The highest BCUT2D eigenvalue weighted by molar-refractivity contribution is 5.98. The molecule has 0 saturated carbocycles. The van der Waals surface area contributed by atoms with Crippen molar-refractivity contribution in [2.75, 3.05) is 12.4 Å². The molecule has 3 rings (SSSR count). The highest BCUT2D eigenvalue weighted by Crippen LogP contribution is 2.21. The molecule has 24 heavy (non-hydrogen) atoms. The maximum atomic E-state index is 11.8. The Morgan fingerprint density at radius 1 is 1.25 bits per heavy atom. The summed E-state index contributed by atoms with van der Waals surface area (Å²) < 4.78 is 0. The smallest absolute Gasteiger partial charge is 0.274 e. The van der Waals surface area contributed by atoms with E-state index >= 15 is 0 Å². The Bertz CT molecular complexity index is 762. The van der Waals surface area contributed by atoms with Gasteiger partial charge in [-0.05, 0) is 29.8 Å². The van der Waals surface area contributed by atoms with Crippen LogP contribution < -0.4 is 16.1 Å². The number of benzene rings is 2. The second kappa shape index (κ2) is 7.01. The van der Waals surface area contributed by atoms with E-state index in [0.29, 0.717) is 11.5 Å². The largest absolute Gasteiger partial charge is 0.362 e. The Kier molecular flexibility index (Phi) is 4.62. The van der Waals surface area contributed by atoms with Gasteiger partial charge in [0.05, 0.1) is 7.11 Å². The van der Waals surface area contributed by atoms with Crippen molar-refractivity contribution in [2.24, 2.45) is 5.16 Å². The normalized spacial score (nSPS) is 15.9. The lowest BCUT2D eigenvalue weighted by molar-refractivity contribution is 0.0537. The molecule has 0 spiro atoms. The Balaban J connectivity index is 1.70. The summed E-state index contributed by atoms with van der Waals surface area (Å²) in [5.74, 6) is 0.163. The minimum atomic E-state index is -0.339. The Labute approximate surface area is 139 Å². The molecule has 1 atom stereocenters. The standard InChI is InChI=1S/C17H18N4O3/c1-11-8-9-13(15(22)20-23-2)10-14(11)18-17-19-16(24-21-17)12-6-4-3-5-7-12/h3-10,16H,1-2H3,(H,20,22)(H2,18,19,21). The number of amides is 1. The van der Waals surface area contributed by atoms with Crippen molar-refractivity contribution in [2.45, 2.75) is 13.2 Å². The van der Waals surface area contributed by atoms with Gasteiger partial charge in [0.2, 0.25) is 12.2 Å². The third kappa shape index (κ3) is 3.47. The molecular weight excluding hydrogens is 308 g/mol. The van der Waals surface area contributed by atoms with Gasteiger partial charge in [-0.2, -0.15) is 0 Å². The molecule has 0 saturated heterocycles. The fourth-order valence-electron chi connectivity index (χ4n) is 2.29. The van der Waals surface area contributed by atoms with Crippen molar-refractivity contribution >= 4 is 17.6 Å². The van der Waals surface area contributed by atoms with Gasteiger partial charge in [-0.15, -0.1) is 0 Å². The molecule has 1 amide bonds. The lowest BCUT2D eigenvalue weighted by Crippen LogP contribution is -2.29. The van der Waals surface area contributed by atoms with Crippen LogP contribution in [0.3, 0.4) is 0 Å². The molecule has 1 aliphatic rings. The zero-order valence-electron chi connectivity index (χ0n) is 13.4. The first kappa shape index (κ1) is 15.8. The number of aryl methyl sites for hydroxylation is 1. The van der Waals surface area contributed by atoms with Crippen molar-refractivity contribution in [1.82, 2.24) is 10.8 Å². The second-order valence-corrected chi connectivity index (χ2v) is 5.27. The fraction of sp³-hybridized carbons (Fsp3) is 0.176. The van der Waals surface area contributed by atoms with Crippen LogP contribution in [-0.4, -0.2) is 19.0 Å². The van der Waals surface area contributed by atoms with E-state index in [1.54, 1.807) is 12.1 Å². The van der Waals surface area contributed by atoms with Gasteiger partial charge in [-0.25, -0.2) is 5.48 Å². The third-order valence-electron chi connectivity index (χ3n) is 3.57. The van der Waals surface area contributed by atoms with Gasteiger partial charge in [0.25, 0.3) is 5.91 Å². The first-order chi connectivity index (χ1) is 11.7. The van der Waals surface area contributed by atoms with Crippen LogP contribution in [0.25, 0.3) is 0 Å². The predicted molar refractivity (Wildman–Crippen MR) is 90.1 cm³/mol. The van der Waals surface area contributed by atoms with Crippen LogP contribution in [0.15, 0.2) is 53.7 Å². The van der Waals surface area contributed by atoms with E-state index in [1.807, 2.05) is 43.3 Å². The summed E-state index contributed by atoms with van der Waals surface area (Å²) in [5.41, 5.74) is 5.47. The molecule has 7 heteroatoms. The van der Waals surface area contributed by atoms with E-state index in [-0.39, 0.29) is 12.1 Å². The van der Waals surface area contributed by atoms with Gasteiger partial charge in [0.1, 0.15) is 0 Å². The molecule has 0 bridgehead atoms. The SMILES string of the molecule is CONC(=O)c1ccc(C)c(NC2=NOC(c3ccccc3)N2)c1. The highest BCUT2D eigenvalue weighted by Gasteiger charge is 2.21. The molecule has 3 N–H and O–H groups in total. The first-order valence-electron chi connectivity index (χ1n) is 7.43. The van der Waals surface area contributed by atoms with E-state index in [1.165, 1.54) is 7.11 Å². The summed E-state index contributed by atoms with van der Waals surface area (Å²) in [6.45, 7) is 1.94. The summed E-state index contributed by atoms with van der Waals surface area (Å²) >= 11 is 0. The summed E-state index contributed by atoms with van der Waals surface area (Å²) in [4.78, 5) is 21.9. The minimum absolute atomic E-state index is 0.319. The molecule has 0 aromatic heterocycles. The van der Waals surface area contributed by atoms with E-state index in [2.05, 4.69) is 26.1 Å². The van der Waals surface area contributed by atoms with Crippen LogP contribution in [0, 0.1) is 6.92 Å². The molecule has 124 valence electrons. The van der Waals surface area contributed by atoms with Crippen molar-refractivity contribution < 1.29 is 14.5 Å². The summed E-state index contributed by atoms with van der Waals surface area (Å²) in [5, 5.41) is 10.3. The van der Waals surface area contributed by atoms with Crippen molar-refractivity contribution in [1.29, 1.82) is 0 Å². The Morgan fingerprint density at radius 3 is 2.79 bits per heavy atom. The number of oxime groups is 1. The van der Waals surface area contributed by atoms with Crippen LogP contribution in [-0.2, 0) is 9.68 Å². The first-order valence-corrected chi connectivity index (χ1v) is 7.43. The van der Waals surface area contributed by atoms with E-state index in [0.717, 1.165) is 16.8 Å². The zero-order valence-corrected chi connectivity index (χ0v) is 13.4. The van der Waals surface area contributed by atoms with Crippen molar-refractivity contribution in [3.05, 3.63) is 65.2 Å². The minimum Gasteiger partial charge on any atom is -0.362 e. The number of guanidine groups is 1. The average Bonchev–Trinajstić information content (AvgIpc) is 3.06.